The van der Waals surface area contributed by atoms with Gasteiger partial charge < -0.3 is 14.6 Å². The summed E-state index contributed by atoms with van der Waals surface area (Å²) in [6, 6.07) is 6.00. The van der Waals surface area contributed by atoms with Crippen LogP contribution < -0.4 is 5.32 Å². The third-order valence-corrected chi connectivity index (χ3v) is 5.41. The number of pyridine rings is 1. The minimum Gasteiger partial charge on any atom is -0.379 e. The van der Waals surface area contributed by atoms with Crippen LogP contribution in [-0.2, 0) is 11.3 Å². The zero-order chi connectivity index (χ0) is 18.5. The molecule has 27 heavy (non-hydrogen) atoms. The lowest BCUT2D eigenvalue weighted by atomic mass is 9.93. The van der Waals surface area contributed by atoms with Crippen molar-refractivity contribution in [3.05, 3.63) is 47.6 Å². The van der Waals surface area contributed by atoms with Crippen LogP contribution in [0.3, 0.4) is 0 Å². The molecule has 4 heterocycles. The first-order valence-electron chi connectivity index (χ1n) is 9.74. The molecule has 2 saturated heterocycles. The van der Waals surface area contributed by atoms with E-state index in [1.807, 2.05) is 18.5 Å². The van der Waals surface area contributed by atoms with Gasteiger partial charge in [-0.1, -0.05) is 5.16 Å². The number of nitrogens with zero attached hydrogens (tertiary/aromatic N) is 3. The van der Waals surface area contributed by atoms with Crippen molar-refractivity contribution in [2.75, 3.05) is 26.3 Å². The molecule has 2 fully saturated rings. The summed E-state index contributed by atoms with van der Waals surface area (Å²) in [6.45, 7) is 4.33. The number of hydrogen-bond donors (Lipinski definition) is 1. The summed E-state index contributed by atoms with van der Waals surface area (Å²) in [4.78, 5) is 18.9. The monoisotopic (exact) mass is 370 g/mol. The molecule has 1 amide bonds. The van der Waals surface area contributed by atoms with Crippen LogP contribution in [0, 0.1) is 0 Å². The van der Waals surface area contributed by atoms with Crippen LogP contribution in [-0.4, -0.2) is 53.3 Å². The normalized spacial score (nSPS) is 21.9. The predicted octanol–water partition coefficient (Wildman–Crippen LogP) is 2.36. The molecular weight excluding hydrogens is 344 g/mol. The van der Waals surface area contributed by atoms with Gasteiger partial charge in [-0.05, 0) is 56.5 Å². The Morgan fingerprint density at radius 2 is 2.04 bits per heavy atom. The fourth-order valence-electron chi connectivity index (χ4n) is 3.83. The van der Waals surface area contributed by atoms with E-state index in [0.29, 0.717) is 18.3 Å². The summed E-state index contributed by atoms with van der Waals surface area (Å²) in [7, 11) is 0. The van der Waals surface area contributed by atoms with Crippen molar-refractivity contribution in [1.29, 1.82) is 0 Å². The molecule has 0 unspecified atom stereocenters. The van der Waals surface area contributed by atoms with E-state index in [1.165, 1.54) is 5.56 Å². The first kappa shape index (κ1) is 18.1. The highest BCUT2D eigenvalue weighted by atomic mass is 16.5. The fourth-order valence-corrected chi connectivity index (χ4v) is 3.83. The average molecular weight is 370 g/mol. The molecule has 144 valence electrons. The highest BCUT2D eigenvalue weighted by Gasteiger charge is 2.26. The van der Waals surface area contributed by atoms with Crippen molar-refractivity contribution < 1.29 is 14.1 Å². The average Bonchev–Trinajstić information content (AvgIpc) is 3.21. The Balaban J connectivity index is 1.28. The Morgan fingerprint density at radius 3 is 2.78 bits per heavy atom. The van der Waals surface area contributed by atoms with E-state index in [2.05, 4.69) is 32.5 Å². The minimum absolute atomic E-state index is 0.0659. The molecule has 2 aromatic heterocycles. The lowest BCUT2D eigenvalue weighted by Crippen LogP contribution is -2.40. The Hall–Kier alpha value is -2.25. The molecule has 1 N–H and O–H groups in total. The van der Waals surface area contributed by atoms with Crippen molar-refractivity contribution in [3.8, 4) is 0 Å². The van der Waals surface area contributed by atoms with Crippen LogP contribution in [0.25, 0.3) is 0 Å². The highest BCUT2D eigenvalue weighted by molar-refractivity contribution is 5.91. The third-order valence-electron chi connectivity index (χ3n) is 5.41. The third kappa shape index (κ3) is 4.73. The standard InChI is InChI=1S/C20H26N4O3/c25-20(22-17-2-1-11-26-14-17)19-12-18(23-27-19)16-5-9-24(10-6-16)13-15-3-7-21-8-4-15/h3-4,7-8,12,16-17H,1-2,5-6,9-11,13-14H2,(H,22,25)/t17-/m1/s1. The number of amides is 1. The smallest absolute Gasteiger partial charge is 0.290 e. The van der Waals surface area contributed by atoms with Gasteiger partial charge in [-0.3, -0.25) is 14.7 Å². The topological polar surface area (TPSA) is 80.5 Å². The molecule has 1 atom stereocenters. The number of rotatable bonds is 5. The Kier molecular flexibility index (Phi) is 5.79. The van der Waals surface area contributed by atoms with E-state index < -0.39 is 0 Å². The van der Waals surface area contributed by atoms with E-state index >= 15 is 0 Å². The molecule has 0 radical (unpaired) electrons. The second kappa shape index (κ2) is 8.63. The summed E-state index contributed by atoms with van der Waals surface area (Å²) in [5.74, 6) is 0.455. The molecule has 0 bridgehead atoms. The van der Waals surface area contributed by atoms with Crippen molar-refractivity contribution in [1.82, 2.24) is 20.4 Å². The molecule has 2 aliphatic heterocycles. The zero-order valence-corrected chi connectivity index (χ0v) is 15.5. The molecule has 0 spiro atoms. The second-order valence-corrected chi connectivity index (χ2v) is 7.41. The Morgan fingerprint density at radius 1 is 1.22 bits per heavy atom. The summed E-state index contributed by atoms with van der Waals surface area (Å²) in [5, 5.41) is 7.14. The summed E-state index contributed by atoms with van der Waals surface area (Å²) in [6.07, 6.45) is 7.64. The molecule has 4 rings (SSSR count). The Labute approximate surface area is 159 Å². The van der Waals surface area contributed by atoms with Gasteiger partial charge in [0.05, 0.1) is 18.3 Å². The van der Waals surface area contributed by atoms with E-state index in [4.69, 9.17) is 9.26 Å². The number of hydrogen-bond acceptors (Lipinski definition) is 6. The summed E-state index contributed by atoms with van der Waals surface area (Å²) < 4.78 is 10.7. The zero-order valence-electron chi connectivity index (χ0n) is 15.5. The fraction of sp³-hybridized carbons (Fsp3) is 0.550. The number of aromatic nitrogens is 2. The van der Waals surface area contributed by atoms with Gasteiger partial charge in [0.1, 0.15) is 0 Å². The SMILES string of the molecule is O=C(N[C@@H]1CCCOC1)c1cc(C2CCN(Cc3ccncc3)CC2)no1. The number of carbonyl (C=O) groups excluding carboxylic acids is 1. The van der Waals surface area contributed by atoms with Crippen molar-refractivity contribution >= 4 is 5.91 Å². The van der Waals surface area contributed by atoms with Gasteiger partial charge >= 0.3 is 0 Å². The van der Waals surface area contributed by atoms with E-state index in [9.17, 15) is 4.79 Å². The van der Waals surface area contributed by atoms with Gasteiger partial charge in [0.15, 0.2) is 0 Å². The lowest BCUT2D eigenvalue weighted by molar-refractivity contribution is 0.0608. The highest BCUT2D eigenvalue weighted by Crippen LogP contribution is 2.28. The summed E-state index contributed by atoms with van der Waals surface area (Å²) in [5.41, 5.74) is 2.18. The predicted molar refractivity (Wildman–Crippen MR) is 99.3 cm³/mol. The maximum atomic E-state index is 12.4. The molecule has 0 aliphatic carbocycles. The van der Waals surface area contributed by atoms with Crippen molar-refractivity contribution in [3.63, 3.8) is 0 Å². The number of nitrogens with one attached hydrogen (secondary N) is 1. The Bertz CT molecular complexity index is 735. The van der Waals surface area contributed by atoms with Crippen LogP contribution in [0.5, 0.6) is 0 Å². The minimum atomic E-state index is -0.195. The largest absolute Gasteiger partial charge is 0.379 e. The number of likely N-dealkylation sites (tertiary alicyclic amines) is 1. The van der Waals surface area contributed by atoms with Gasteiger partial charge in [0.2, 0.25) is 5.76 Å². The van der Waals surface area contributed by atoms with Crippen LogP contribution in [0.1, 0.15) is 53.4 Å². The van der Waals surface area contributed by atoms with Crippen LogP contribution in [0.4, 0.5) is 0 Å². The van der Waals surface area contributed by atoms with E-state index in [-0.39, 0.29) is 11.9 Å². The molecule has 2 aromatic rings. The van der Waals surface area contributed by atoms with Gasteiger partial charge in [-0.2, -0.15) is 0 Å². The van der Waals surface area contributed by atoms with Gasteiger partial charge in [-0.15, -0.1) is 0 Å². The first-order chi connectivity index (χ1) is 13.3. The van der Waals surface area contributed by atoms with Crippen molar-refractivity contribution in [2.45, 2.75) is 44.2 Å². The molecule has 7 heteroatoms. The van der Waals surface area contributed by atoms with Crippen LogP contribution in [0.2, 0.25) is 0 Å². The molecule has 0 aromatic carbocycles. The maximum Gasteiger partial charge on any atom is 0.290 e. The maximum absolute atomic E-state index is 12.4. The quantitative estimate of drug-likeness (QED) is 0.870. The van der Waals surface area contributed by atoms with E-state index in [1.54, 1.807) is 0 Å². The van der Waals surface area contributed by atoms with Gasteiger partial charge in [0.25, 0.3) is 5.91 Å². The van der Waals surface area contributed by atoms with Crippen LogP contribution >= 0.6 is 0 Å². The second-order valence-electron chi connectivity index (χ2n) is 7.41. The number of ether oxygens (including phenoxy) is 1. The number of carbonyl (C=O) groups is 1. The number of piperidine rings is 1. The molecule has 2 aliphatic rings. The first-order valence-corrected chi connectivity index (χ1v) is 9.74. The molecular formula is C20H26N4O3. The molecule has 0 saturated carbocycles. The summed E-state index contributed by atoms with van der Waals surface area (Å²) >= 11 is 0. The van der Waals surface area contributed by atoms with Crippen molar-refractivity contribution in [2.24, 2.45) is 0 Å². The lowest BCUT2D eigenvalue weighted by Gasteiger charge is -2.30. The van der Waals surface area contributed by atoms with Gasteiger partial charge in [0, 0.05) is 37.5 Å². The van der Waals surface area contributed by atoms with E-state index in [0.717, 1.165) is 57.6 Å². The van der Waals surface area contributed by atoms with Crippen LogP contribution in [0.15, 0.2) is 35.1 Å². The van der Waals surface area contributed by atoms with Gasteiger partial charge in [-0.25, -0.2) is 0 Å². The molecule has 7 nitrogen and oxygen atoms in total.